The van der Waals surface area contributed by atoms with Crippen molar-refractivity contribution in [3.8, 4) is 0 Å². The molecule has 2 aromatic heterocycles. The van der Waals surface area contributed by atoms with Gasteiger partial charge in [0.1, 0.15) is 30.4 Å². The summed E-state index contributed by atoms with van der Waals surface area (Å²) < 4.78 is 30.3. The van der Waals surface area contributed by atoms with E-state index < -0.39 is 35.9 Å². The van der Waals surface area contributed by atoms with E-state index in [1.807, 2.05) is 0 Å². The van der Waals surface area contributed by atoms with Crippen molar-refractivity contribution in [1.82, 2.24) is 24.8 Å². The van der Waals surface area contributed by atoms with Crippen molar-refractivity contribution in [3.63, 3.8) is 0 Å². The molecule has 0 spiro atoms. The Labute approximate surface area is 255 Å². The molecule has 0 aliphatic carbocycles. The fourth-order valence-corrected chi connectivity index (χ4v) is 5.41. The fraction of sp³-hybridized carbons (Fsp3) is 0.267. The first-order valence-corrected chi connectivity index (χ1v) is 14.0. The van der Waals surface area contributed by atoms with Crippen LogP contribution < -0.4 is 10.2 Å². The Bertz CT molecular complexity index is 1750. The van der Waals surface area contributed by atoms with Crippen LogP contribution in [0.25, 0.3) is 10.9 Å². The van der Waals surface area contributed by atoms with Gasteiger partial charge in [-0.2, -0.15) is 0 Å². The number of nitrogens with one attached hydrogen (secondary N) is 1. The molecule has 2 N–H and O–H groups in total. The Hall–Kier alpha value is -4.91. The number of rotatable bonds is 9. The smallest absolute Gasteiger partial charge is 0.412 e. The van der Waals surface area contributed by atoms with E-state index in [-0.39, 0.29) is 66.0 Å². The van der Waals surface area contributed by atoms with Crippen LogP contribution >= 0.6 is 11.6 Å². The number of anilines is 1. The Morgan fingerprint density at radius 1 is 1.14 bits per heavy atom. The minimum Gasteiger partial charge on any atom is -0.465 e. The molecule has 2 aromatic carbocycles. The lowest BCUT2D eigenvalue weighted by Gasteiger charge is -2.24. The number of ketones is 1. The number of carboxylic acid groups (broad SMARTS) is 1. The third-order valence-corrected chi connectivity index (χ3v) is 7.66. The Kier molecular flexibility index (Phi) is 8.86. The van der Waals surface area contributed by atoms with Crippen molar-refractivity contribution in [2.75, 3.05) is 11.4 Å². The molecule has 5 rings (SSSR count). The molecule has 4 aromatic rings. The largest absolute Gasteiger partial charge is 0.465 e. The first kappa shape index (κ1) is 30.5. The van der Waals surface area contributed by atoms with Gasteiger partial charge in [0, 0.05) is 59.3 Å². The Morgan fingerprint density at radius 3 is 2.59 bits per heavy atom. The van der Waals surface area contributed by atoms with Gasteiger partial charge in [-0.3, -0.25) is 19.3 Å². The highest BCUT2D eigenvalue weighted by molar-refractivity contribution is 6.30. The fourth-order valence-electron chi connectivity index (χ4n) is 5.22. The van der Waals surface area contributed by atoms with E-state index in [9.17, 15) is 33.1 Å². The highest BCUT2D eigenvalue weighted by Crippen LogP contribution is 2.29. The zero-order valence-corrected chi connectivity index (χ0v) is 24.2. The molecule has 0 bridgehead atoms. The molecule has 1 aliphatic rings. The number of aromatic nitrogens is 3. The molecule has 3 heterocycles. The third kappa shape index (κ3) is 6.37. The van der Waals surface area contributed by atoms with E-state index in [2.05, 4.69) is 15.3 Å². The van der Waals surface area contributed by atoms with Gasteiger partial charge < -0.3 is 19.9 Å². The second-order valence-electron chi connectivity index (χ2n) is 10.3. The zero-order valence-electron chi connectivity index (χ0n) is 23.4. The van der Waals surface area contributed by atoms with Gasteiger partial charge in [0.2, 0.25) is 11.8 Å². The average Bonchev–Trinajstić information content (AvgIpc) is 3.57. The van der Waals surface area contributed by atoms with Crippen molar-refractivity contribution in [1.29, 1.82) is 0 Å². The van der Waals surface area contributed by atoms with Gasteiger partial charge in [0.05, 0.1) is 18.1 Å². The monoisotopic (exact) mass is 624 g/mol. The quantitative estimate of drug-likeness (QED) is 0.264. The van der Waals surface area contributed by atoms with Crippen molar-refractivity contribution in [2.45, 2.75) is 45.2 Å². The minimum absolute atomic E-state index is 0.102. The van der Waals surface area contributed by atoms with Crippen LogP contribution in [0.2, 0.25) is 5.02 Å². The first-order chi connectivity index (χ1) is 21.0. The highest BCUT2D eigenvalue weighted by atomic mass is 35.5. The number of nitrogens with zero attached hydrogens (tertiary/aromatic N) is 5. The van der Waals surface area contributed by atoms with Crippen LogP contribution in [-0.2, 0) is 29.2 Å². The number of likely N-dealkylation sites (tertiary alicyclic amines) is 1. The molecule has 3 amide bonds. The summed E-state index contributed by atoms with van der Waals surface area (Å²) in [4.78, 5) is 61.4. The van der Waals surface area contributed by atoms with E-state index in [1.54, 1.807) is 12.1 Å². The van der Waals surface area contributed by atoms with Crippen LogP contribution in [0.4, 0.5) is 19.3 Å². The summed E-state index contributed by atoms with van der Waals surface area (Å²) in [6, 6.07) is 9.49. The lowest BCUT2D eigenvalue weighted by atomic mass is 10.1. The minimum atomic E-state index is -1.44. The zero-order chi connectivity index (χ0) is 31.5. The first-order valence-electron chi connectivity index (χ1n) is 13.6. The predicted molar refractivity (Wildman–Crippen MR) is 156 cm³/mol. The van der Waals surface area contributed by atoms with Gasteiger partial charge in [0.15, 0.2) is 5.78 Å². The lowest BCUT2D eigenvalue weighted by molar-refractivity contribution is -0.139. The second kappa shape index (κ2) is 12.8. The molecule has 11 nitrogen and oxygen atoms in total. The van der Waals surface area contributed by atoms with E-state index in [1.165, 1.54) is 60.4 Å². The van der Waals surface area contributed by atoms with Gasteiger partial charge in [-0.05, 0) is 37.3 Å². The number of hydrogen-bond donors (Lipinski definition) is 2. The summed E-state index contributed by atoms with van der Waals surface area (Å²) in [7, 11) is 0. The van der Waals surface area contributed by atoms with E-state index >= 15 is 0 Å². The van der Waals surface area contributed by atoms with Crippen molar-refractivity contribution in [2.24, 2.45) is 0 Å². The van der Waals surface area contributed by atoms with E-state index in [4.69, 9.17) is 11.6 Å². The van der Waals surface area contributed by atoms with Crippen LogP contribution in [0.3, 0.4) is 0 Å². The standard InChI is InChI=1S/C30H27ClF2N6O5/c1-17(40)22-14-37(24-7-6-20(11-21(22)24)38(30(43)44)15-26-34-8-3-9-35-26)16-27(41)39-13-19(32)10-25(39)29(42)36-12-18-4-2-5-23(31)28(18)33/h2-9,11,14,19,25H,10,12-13,15-16H2,1H3,(H,36,42)(H,43,44)/t19-,25+/m1/s1. The van der Waals surface area contributed by atoms with Crippen LogP contribution in [0.5, 0.6) is 0 Å². The number of benzene rings is 2. The van der Waals surface area contributed by atoms with Crippen LogP contribution in [0.1, 0.15) is 35.1 Å². The van der Waals surface area contributed by atoms with Crippen molar-refractivity contribution < 1.29 is 33.1 Å². The van der Waals surface area contributed by atoms with Gasteiger partial charge in [0.25, 0.3) is 0 Å². The maximum atomic E-state index is 14.5. The molecule has 44 heavy (non-hydrogen) atoms. The SMILES string of the molecule is CC(=O)c1cn(CC(=O)N2C[C@H](F)C[C@H]2C(=O)NCc2cccc(Cl)c2F)c2ccc(N(Cc3ncccn3)C(=O)O)cc12. The number of amides is 3. The number of fused-ring (bicyclic) bond motifs is 1. The summed E-state index contributed by atoms with van der Waals surface area (Å²) in [6.07, 6.45) is 1.54. The number of Topliss-reactive ketones (excluding diaryl/α,β-unsaturated/α-hetero) is 1. The van der Waals surface area contributed by atoms with Gasteiger partial charge in [-0.25, -0.2) is 23.5 Å². The molecule has 0 saturated carbocycles. The predicted octanol–water partition coefficient (Wildman–Crippen LogP) is 4.37. The highest BCUT2D eigenvalue weighted by Gasteiger charge is 2.40. The van der Waals surface area contributed by atoms with Crippen molar-refractivity contribution >= 4 is 51.9 Å². The van der Waals surface area contributed by atoms with Gasteiger partial charge in [-0.1, -0.05) is 23.7 Å². The Morgan fingerprint density at radius 2 is 1.89 bits per heavy atom. The third-order valence-electron chi connectivity index (χ3n) is 7.37. The molecule has 1 aliphatic heterocycles. The topological polar surface area (TPSA) is 138 Å². The molecule has 228 valence electrons. The summed E-state index contributed by atoms with van der Waals surface area (Å²) >= 11 is 5.80. The van der Waals surface area contributed by atoms with Crippen LogP contribution in [0.15, 0.2) is 61.1 Å². The summed E-state index contributed by atoms with van der Waals surface area (Å²) in [5.41, 5.74) is 1.11. The van der Waals surface area contributed by atoms with Crippen LogP contribution in [-0.4, -0.2) is 67.0 Å². The number of halogens is 3. The summed E-state index contributed by atoms with van der Waals surface area (Å²) in [5.74, 6) is -1.93. The maximum Gasteiger partial charge on any atom is 0.412 e. The van der Waals surface area contributed by atoms with E-state index in [0.717, 1.165) is 9.80 Å². The maximum absolute atomic E-state index is 14.5. The number of alkyl halides is 1. The average molecular weight is 625 g/mol. The van der Waals surface area contributed by atoms with Gasteiger partial charge in [-0.15, -0.1) is 0 Å². The van der Waals surface area contributed by atoms with Crippen LogP contribution in [0, 0.1) is 5.82 Å². The molecular formula is C30H27ClF2N6O5. The molecule has 0 unspecified atom stereocenters. The number of hydrogen-bond acceptors (Lipinski definition) is 6. The lowest BCUT2D eigenvalue weighted by Crippen LogP contribution is -2.46. The molecule has 2 atom stereocenters. The Balaban J connectivity index is 1.37. The van der Waals surface area contributed by atoms with Gasteiger partial charge >= 0.3 is 6.09 Å². The molecule has 14 heteroatoms. The summed E-state index contributed by atoms with van der Waals surface area (Å²) in [5, 5.41) is 12.7. The second-order valence-corrected chi connectivity index (χ2v) is 10.7. The number of carbonyl (C=O) groups excluding carboxylic acids is 3. The van der Waals surface area contributed by atoms with E-state index in [0.29, 0.717) is 10.9 Å². The molecular weight excluding hydrogens is 598 g/mol. The summed E-state index contributed by atoms with van der Waals surface area (Å²) in [6.45, 7) is 0.390. The number of carbonyl (C=O) groups is 4. The molecule has 1 fully saturated rings. The molecule has 1 saturated heterocycles. The van der Waals surface area contributed by atoms with Crippen molar-refractivity contribution in [3.05, 3.63) is 88.8 Å². The normalized spacial score (nSPS) is 16.2. The molecule has 0 radical (unpaired) electrons.